The molecular formula is C11H24N2O3S. The molecule has 0 aromatic carbocycles. The smallest absolute Gasteiger partial charge is 0.215 e. The SMILES string of the molecule is CCNCCS(=O)(=O)N(C)CCOCC1CC1. The molecule has 1 saturated carbocycles. The van der Waals surface area contributed by atoms with E-state index in [4.69, 9.17) is 4.74 Å². The van der Waals surface area contributed by atoms with Crippen LogP contribution in [0.1, 0.15) is 19.8 Å². The van der Waals surface area contributed by atoms with E-state index in [1.54, 1.807) is 7.05 Å². The van der Waals surface area contributed by atoms with E-state index in [-0.39, 0.29) is 5.75 Å². The van der Waals surface area contributed by atoms with Gasteiger partial charge in [-0.25, -0.2) is 12.7 Å². The standard InChI is InChI=1S/C11H24N2O3S/c1-3-12-6-9-17(14,15)13(2)7-8-16-10-11-4-5-11/h11-12H,3-10H2,1-2H3. The van der Waals surface area contributed by atoms with Crippen LogP contribution in [0.25, 0.3) is 0 Å². The van der Waals surface area contributed by atoms with E-state index in [1.165, 1.54) is 17.1 Å². The molecule has 0 spiro atoms. The van der Waals surface area contributed by atoms with Gasteiger partial charge < -0.3 is 10.1 Å². The first-order valence-corrected chi connectivity index (χ1v) is 7.89. The number of nitrogens with one attached hydrogen (secondary N) is 1. The Kier molecular flexibility index (Phi) is 6.40. The maximum Gasteiger partial charge on any atom is 0.215 e. The van der Waals surface area contributed by atoms with Crippen molar-refractivity contribution in [3.8, 4) is 0 Å². The van der Waals surface area contributed by atoms with E-state index >= 15 is 0 Å². The van der Waals surface area contributed by atoms with Gasteiger partial charge in [0.2, 0.25) is 10.0 Å². The molecule has 1 aliphatic rings. The van der Waals surface area contributed by atoms with Gasteiger partial charge in [-0.3, -0.25) is 0 Å². The summed E-state index contributed by atoms with van der Waals surface area (Å²) in [5, 5.41) is 3.01. The number of hydrogen-bond acceptors (Lipinski definition) is 4. The highest BCUT2D eigenvalue weighted by atomic mass is 32.2. The Morgan fingerprint density at radius 2 is 2.12 bits per heavy atom. The Morgan fingerprint density at radius 3 is 2.71 bits per heavy atom. The lowest BCUT2D eigenvalue weighted by molar-refractivity contribution is 0.117. The van der Waals surface area contributed by atoms with Gasteiger partial charge in [-0.1, -0.05) is 6.92 Å². The summed E-state index contributed by atoms with van der Waals surface area (Å²) in [6, 6.07) is 0. The molecule has 17 heavy (non-hydrogen) atoms. The normalized spacial score (nSPS) is 16.6. The van der Waals surface area contributed by atoms with Crippen LogP contribution in [-0.2, 0) is 14.8 Å². The molecule has 1 N–H and O–H groups in total. The molecule has 102 valence electrons. The monoisotopic (exact) mass is 264 g/mol. The van der Waals surface area contributed by atoms with E-state index in [2.05, 4.69) is 5.32 Å². The summed E-state index contributed by atoms with van der Waals surface area (Å²) in [6.07, 6.45) is 2.52. The van der Waals surface area contributed by atoms with Crippen LogP contribution in [0.2, 0.25) is 0 Å². The van der Waals surface area contributed by atoms with Gasteiger partial charge in [-0.05, 0) is 25.3 Å². The lowest BCUT2D eigenvalue weighted by Gasteiger charge is -2.17. The highest BCUT2D eigenvalue weighted by molar-refractivity contribution is 7.89. The van der Waals surface area contributed by atoms with Crippen LogP contribution in [0, 0.1) is 5.92 Å². The molecule has 0 radical (unpaired) electrons. The van der Waals surface area contributed by atoms with Crippen LogP contribution in [0.5, 0.6) is 0 Å². The molecule has 0 unspecified atom stereocenters. The summed E-state index contributed by atoms with van der Waals surface area (Å²) in [5.74, 6) is 0.880. The first-order chi connectivity index (χ1) is 8.06. The minimum atomic E-state index is -3.13. The summed E-state index contributed by atoms with van der Waals surface area (Å²) < 4.78 is 30.4. The van der Waals surface area contributed by atoms with Gasteiger partial charge in [-0.15, -0.1) is 0 Å². The second kappa shape index (κ2) is 7.31. The zero-order chi connectivity index (χ0) is 12.7. The molecule has 5 nitrogen and oxygen atoms in total. The van der Waals surface area contributed by atoms with Crippen molar-refractivity contribution in [2.24, 2.45) is 5.92 Å². The van der Waals surface area contributed by atoms with Gasteiger partial charge in [0.25, 0.3) is 0 Å². The average Bonchev–Trinajstić information content (AvgIpc) is 3.08. The predicted molar refractivity (Wildman–Crippen MR) is 68.5 cm³/mol. The Bertz CT molecular complexity index is 302. The van der Waals surface area contributed by atoms with Gasteiger partial charge in [0.05, 0.1) is 12.4 Å². The molecular weight excluding hydrogens is 240 g/mol. The molecule has 0 aliphatic heterocycles. The van der Waals surface area contributed by atoms with E-state index < -0.39 is 10.0 Å². The quantitative estimate of drug-likeness (QED) is 0.576. The zero-order valence-corrected chi connectivity index (χ0v) is 11.6. The third-order valence-electron chi connectivity index (χ3n) is 2.86. The first-order valence-electron chi connectivity index (χ1n) is 6.28. The largest absolute Gasteiger partial charge is 0.380 e. The highest BCUT2D eigenvalue weighted by Crippen LogP contribution is 2.28. The van der Waals surface area contributed by atoms with Crippen molar-refractivity contribution in [3.63, 3.8) is 0 Å². The van der Waals surface area contributed by atoms with Gasteiger partial charge in [0, 0.05) is 26.7 Å². The van der Waals surface area contributed by atoms with Crippen molar-refractivity contribution in [1.82, 2.24) is 9.62 Å². The van der Waals surface area contributed by atoms with E-state index in [1.807, 2.05) is 6.92 Å². The maximum absolute atomic E-state index is 11.8. The zero-order valence-electron chi connectivity index (χ0n) is 10.8. The molecule has 1 fully saturated rings. The first kappa shape index (κ1) is 14.9. The van der Waals surface area contributed by atoms with Gasteiger partial charge in [-0.2, -0.15) is 0 Å². The summed E-state index contributed by atoms with van der Waals surface area (Å²) in [5.41, 5.74) is 0. The van der Waals surface area contributed by atoms with Crippen LogP contribution in [0.3, 0.4) is 0 Å². The molecule has 1 rings (SSSR count). The van der Waals surface area contributed by atoms with Crippen molar-refractivity contribution in [2.75, 3.05) is 45.6 Å². The lowest BCUT2D eigenvalue weighted by Crippen LogP contribution is -2.35. The molecule has 0 saturated heterocycles. The van der Waals surface area contributed by atoms with Crippen LogP contribution in [0.4, 0.5) is 0 Å². The van der Waals surface area contributed by atoms with Gasteiger partial charge >= 0.3 is 0 Å². The number of likely N-dealkylation sites (N-methyl/N-ethyl adjacent to an activating group) is 1. The Balaban J connectivity index is 2.12. The van der Waals surface area contributed by atoms with Crippen LogP contribution in [0.15, 0.2) is 0 Å². The molecule has 0 amide bonds. The minimum absolute atomic E-state index is 0.153. The van der Waals surface area contributed by atoms with E-state index in [9.17, 15) is 8.42 Å². The third-order valence-corrected chi connectivity index (χ3v) is 4.71. The topological polar surface area (TPSA) is 58.6 Å². The van der Waals surface area contributed by atoms with Gasteiger partial charge in [0.1, 0.15) is 0 Å². The van der Waals surface area contributed by atoms with Crippen molar-refractivity contribution in [2.45, 2.75) is 19.8 Å². The van der Waals surface area contributed by atoms with Crippen molar-refractivity contribution < 1.29 is 13.2 Å². The molecule has 1 aliphatic carbocycles. The van der Waals surface area contributed by atoms with Crippen LogP contribution < -0.4 is 5.32 Å². The summed E-state index contributed by atoms with van der Waals surface area (Å²) >= 11 is 0. The van der Waals surface area contributed by atoms with Crippen molar-refractivity contribution in [1.29, 1.82) is 0 Å². The summed E-state index contributed by atoms with van der Waals surface area (Å²) in [7, 11) is -1.51. The Labute approximate surface area is 105 Å². The Morgan fingerprint density at radius 1 is 1.41 bits per heavy atom. The molecule has 0 heterocycles. The number of hydrogen-bond donors (Lipinski definition) is 1. The van der Waals surface area contributed by atoms with Crippen molar-refractivity contribution in [3.05, 3.63) is 0 Å². The third kappa shape index (κ3) is 6.35. The summed E-state index contributed by atoms with van der Waals surface area (Å²) in [4.78, 5) is 0. The minimum Gasteiger partial charge on any atom is -0.380 e. The number of sulfonamides is 1. The van der Waals surface area contributed by atoms with Crippen LogP contribution in [-0.4, -0.2) is 58.4 Å². The second-order valence-corrected chi connectivity index (χ2v) is 6.70. The fraction of sp³-hybridized carbons (Fsp3) is 1.00. The molecule has 0 aromatic heterocycles. The van der Waals surface area contributed by atoms with Crippen molar-refractivity contribution >= 4 is 10.0 Å². The molecule has 0 bridgehead atoms. The predicted octanol–water partition coefficient (Wildman–Crippen LogP) is 0.284. The number of ether oxygens (including phenoxy) is 1. The highest BCUT2D eigenvalue weighted by Gasteiger charge is 2.21. The maximum atomic E-state index is 11.8. The summed E-state index contributed by atoms with van der Waals surface area (Å²) in [6.45, 7) is 4.98. The fourth-order valence-corrected chi connectivity index (χ4v) is 2.47. The van der Waals surface area contributed by atoms with Gasteiger partial charge in [0.15, 0.2) is 0 Å². The molecule has 0 atom stereocenters. The fourth-order valence-electron chi connectivity index (χ4n) is 1.40. The Hall–Kier alpha value is -0.170. The molecule has 0 aromatic rings. The van der Waals surface area contributed by atoms with Crippen LogP contribution >= 0.6 is 0 Å². The average molecular weight is 264 g/mol. The number of rotatable bonds is 10. The second-order valence-electron chi connectivity index (χ2n) is 4.51. The lowest BCUT2D eigenvalue weighted by atomic mass is 10.5. The van der Waals surface area contributed by atoms with E-state index in [0.717, 1.165) is 19.1 Å². The van der Waals surface area contributed by atoms with E-state index in [0.29, 0.717) is 19.7 Å². The number of nitrogens with zero attached hydrogens (tertiary/aromatic N) is 1. The molecule has 6 heteroatoms.